The molecule has 1 aliphatic rings. The van der Waals surface area contributed by atoms with E-state index in [9.17, 15) is 10.1 Å². The van der Waals surface area contributed by atoms with Gasteiger partial charge in [0.1, 0.15) is 0 Å². The number of nitro benzene ring substituents is 1. The molecule has 0 atom stereocenters. The zero-order chi connectivity index (χ0) is 14.3. The monoisotopic (exact) mass is 272 g/mol. The first kappa shape index (κ1) is 12.8. The highest BCUT2D eigenvalue weighted by atomic mass is 16.6. The van der Waals surface area contributed by atoms with E-state index in [-0.39, 0.29) is 16.7 Å². The Balaban J connectivity index is 2.03. The molecule has 0 spiro atoms. The molecule has 0 saturated heterocycles. The van der Waals surface area contributed by atoms with E-state index in [0.29, 0.717) is 6.04 Å². The van der Waals surface area contributed by atoms with Crippen molar-refractivity contribution in [3.05, 3.63) is 40.1 Å². The van der Waals surface area contributed by atoms with E-state index in [0.717, 1.165) is 35.1 Å². The lowest BCUT2D eigenvalue weighted by Gasteiger charge is -2.34. The summed E-state index contributed by atoms with van der Waals surface area (Å²) in [4.78, 5) is 14.9. The molecule has 0 amide bonds. The van der Waals surface area contributed by atoms with Crippen LogP contribution in [0, 0.1) is 17.0 Å². The lowest BCUT2D eigenvalue weighted by Crippen LogP contribution is -2.44. The number of rotatable bonds is 3. The van der Waals surface area contributed by atoms with E-state index < -0.39 is 0 Å². The molecule has 104 valence electrons. The van der Waals surface area contributed by atoms with E-state index in [1.165, 1.54) is 6.07 Å². The molecule has 3 N–H and O–H groups in total. The number of nitrogens with two attached hydrogens (primary N) is 1. The van der Waals surface area contributed by atoms with Crippen molar-refractivity contribution in [2.45, 2.75) is 31.8 Å². The zero-order valence-corrected chi connectivity index (χ0v) is 11.2. The first-order chi connectivity index (χ1) is 9.52. The van der Waals surface area contributed by atoms with Crippen LogP contribution >= 0.6 is 0 Å². The van der Waals surface area contributed by atoms with Gasteiger partial charge in [-0.25, -0.2) is 0 Å². The lowest BCUT2D eigenvalue weighted by atomic mass is 9.87. The number of pyridine rings is 1. The maximum atomic E-state index is 10.9. The van der Waals surface area contributed by atoms with Crippen molar-refractivity contribution < 1.29 is 4.92 Å². The Kier molecular flexibility index (Phi) is 3.02. The van der Waals surface area contributed by atoms with Crippen LogP contribution in [0.3, 0.4) is 0 Å². The number of aryl methyl sites for hydroxylation is 1. The SMILES string of the molecule is Cc1cc(NC2CC(N)C2)c2cc([N+](=O)[O-])ccc2n1. The van der Waals surface area contributed by atoms with E-state index in [1.54, 1.807) is 12.1 Å². The Hall–Kier alpha value is -2.21. The van der Waals surface area contributed by atoms with Crippen LogP contribution in [0.2, 0.25) is 0 Å². The second-order valence-electron chi connectivity index (χ2n) is 5.34. The molecular weight excluding hydrogens is 256 g/mol. The van der Waals surface area contributed by atoms with Crippen molar-refractivity contribution in [1.29, 1.82) is 0 Å². The number of non-ortho nitro benzene ring substituents is 1. The Labute approximate surface area is 116 Å². The second-order valence-corrected chi connectivity index (χ2v) is 5.34. The highest BCUT2D eigenvalue weighted by molar-refractivity contribution is 5.93. The number of hydrogen-bond donors (Lipinski definition) is 2. The fourth-order valence-corrected chi connectivity index (χ4v) is 2.58. The topological polar surface area (TPSA) is 94.1 Å². The third-order valence-electron chi connectivity index (χ3n) is 3.67. The van der Waals surface area contributed by atoms with E-state index >= 15 is 0 Å². The normalized spacial score (nSPS) is 21.5. The molecule has 3 rings (SSSR count). The molecule has 6 nitrogen and oxygen atoms in total. The summed E-state index contributed by atoms with van der Waals surface area (Å²) in [5.74, 6) is 0. The first-order valence-electron chi connectivity index (χ1n) is 6.61. The van der Waals surface area contributed by atoms with Crippen LogP contribution in [-0.4, -0.2) is 22.0 Å². The fraction of sp³-hybridized carbons (Fsp3) is 0.357. The van der Waals surface area contributed by atoms with E-state index in [2.05, 4.69) is 10.3 Å². The van der Waals surface area contributed by atoms with Gasteiger partial charge in [-0.2, -0.15) is 0 Å². The number of benzene rings is 1. The molecule has 0 radical (unpaired) electrons. The quantitative estimate of drug-likeness (QED) is 0.660. The zero-order valence-electron chi connectivity index (χ0n) is 11.2. The van der Waals surface area contributed by atoms with E-state index in [1.807, 2.05) is 13.0 Å². The van der Waals surface area contributed by atoms with Gasteiger partial charge in [-0.3, -0.25) is 15.1 Å². The van der Waals surface area contributed by atoms with Gasteiger partial charge in [0.05, 0.1) is 10.4 Å². The van der Waals surface area contributed by atoms with Crippen LogP contribution in [0.5, 0.6) is 0 Å². The Morgan fingerprint density at radius 1 is 1.40 bits per heavy atom. The molecule has 20 heavy (non-hydrogen) atoms. The molecular formula is C14H16N4O2. The summed E-state index contributed by atoms with van der Waals surface area (Å²) >= 11 is 0. The molecule has 2 aromatic rings. The smallest absolute Gasteiger partial charge is 0.270 e. The largest absolute Gasteiger partial charge is 0.382 e. The molecule has 1 heterocycles. The number of nitrogens with zero attached hydrogens (tertiary/aromatic N) is 2. The Bertz CT molecular complexity index is 680. The predicted octanol–water partition coefficient (Wildman–Crippen LogP) is 2.35. The van der Waals surface area contributed by atoms with Gasteiger partial charge in [0, 0.05) is 41.0 Å². The minimum Gasteiger partial charge on any atom is -0.382 e. The Morgan fingerprint density at radius 3 is 2.80 bits per heavy atom. The maximum Gasteiger partial charge on any atom is 0.270 e. The van der Waals surface area contributed by atoms with Crippen LogP contribution in [0.25, 0.3) is 10.9 Å². The fourth-order valence-electron chi connectivity index (χ4n) is 2.58. The molecule has 0 aliphatic heterocycles. The highest BCUT2D eigenvalue weighted by Gasteiger charge is 2.26. The van der Waals surface area contributed by atoms with Gasteiger partial charge in [0.15, 0.2) is 0 Å². The summed E-state index contributed by atoms with van der Waals surface area (Å²) in [5, 5.41) is 15.1. The predicted molar refractivity (Wildman–Crippen MR) is 77.8 cm³/mol. The number of anilines is 1. The van der Waals surface area contributed by atoms with Gasteiger partial charge in [0.2, 0.25) is 0 Å². The van der Waals surface area contributed by atoms with Crippen molar-refractivity contribution in [2.24, 2.45) is 5.73 Å². The van der Waals surface area contributed by atoms with Gasteiger partial charge >= 0.3 is 0 Å². The number of aromatic nitrogens is 1. The third kappa shape index (κ3) is 2.30. The second kappa shape index (κ2) is 4.72. The summed E-state index contributed by atoms with van der Waals surface area (Å²) in [6.07, 6.45) is 1.86. The van der Waals surface area contributed by atoms with Crippen LogP contribution in [0.1, 0.15) is 18.5 Å². The summed E-state index contributed by atoms with van der Waals surface area (Å²) in [7, 11) is 0. The van der Waals surface area contributed by atoms with Crippen LogP contribution in [0.4, 0.5) is 11.4 Å². The molecule has 0 unspecified atom stereocenters. The number of fused-ring (bicyclic) bond motifs is 1. The van der Waals surface area contributed by atoms with Gasteiger partial charge in [-0.1, -0.05) is 0 Å². The number of nitro groups is 1. The standard InChI is InChI=1S/C14H16N4O2/c1-8-4-14(17-10-5-9(15)6-10)12-7-11(18(19)20)2-3-13(12)16-8/h2-4,7,9-10H,5-6,15H2,1H3,(H,16,17). The van der Waals surface area contributed by atoms with Crippen molar-refractivity contribution in [1.82, 2.24) is 4.98 Å². The molecule has 1 aromatic carbocycles. The number of nitrogens with one attached hydrogen (secondary N) is 1. The average molecular weight is 272 g/mol. The van der Waals surface area contributed by atoms with Crippen molar-refractivity contribution in [2.75, 3.05) is 5.32 Å². The van der Waals surface area contributed by atoms with Gasteiger partial charge in [-0.05, 0) is 31.9 Å². The summed E-state index contributed by atoms with van der Waals surface area (Å²) < 4.78 is 0. The van der Waals surface area contributed by atoms with Crippen LogP contribution in [-0.2, 0) is 0 Å². The van der Waals surface area contributed by atoms with Crippen LogP contribution < -0.4 is 11.1 Å². The van der Waals surface area contributed by atoms with Gasteiger partial charge < -0.3 is 11.1 Å². The summed E-state index contributed by atoms with van der Waals surface area (Å²) in [6.45, 7) is 1.92. The van der Waals surface area contributed by atoms with Crippen LogP contribution in [0.15, 0.2) is 24.3 Å². The van der Waals surface area contributed by atoms with Crippen molar-refractivity contribution in [3.63, 3.8) is 0 Å². The highest BCUT2D eigenvalue weighted by Crippen LogP contribution is 2.30. The lowest BCUT2D eigenvalue weighted by molar-refractivity contribution is -0.384. The number of hydrogen-bond acceptors (Lipinski definition) is 5. The molecule has 0 bridgehead atoms. The average Bonchev–Trinajstić information content (AvgIpc) is 2.36. The first-order valence-corrected chi connectivity index (χ1v) is 6.61. The summed E-state index contributed by atoms with van der Waals surface area (Å²) in [6, 6.07) is 7.28. The van der Waals surface area contributed by atoms with Gasteiger partial charge in [-0.15, -0.1) is 0 Å². The van der Waals surface area contributed by atoms with E-state index in [4.69, 9.17) is 5.73 Å². The minimum absolute atomic E-state index is 0.0801. The molecule has 1 aromatic heterocycles. The molecule has 1 saturated carbocycles. The molecule has 1 aliphatic carbocycles. The van der Waals surface area contributed by atoms with Crippen molar-refractivity contribution in [3.8, 4) is 0 Å². The summed E-state index contributed by atoms with van der Waals surface area (Å²) in [5.41, 5.74) is 8.42. The Morgan fingerprint density at radius 2 is 2.15 bits per heavy atom. The molecule has 1 fully saturated rings. The van der Waals surface area contributed by atoms with Crippen molar-refractivity contribution >= 4 is 22.3 Å². The van der Waals surface area contributed by atoms with Gasteiger partial charge in [0.25, 0.3) is 5.69 Å². The maximum absolute atomic E-state index is 10.9. The molecule has 6 heteroatoms. The third-order valence-corrected chi connectivity index (χ3v) is 3.67. The minimum atomic E-state index is -0.387.